The Kier molecular flexibility index (Phi) is 6.95. The molecule has 0 amide bonds. The van der Waals surface area contributed by atoms with Gasteiger partial charge in [0.25, 0.3) is 5.92 Å². The van der Waals surface area contributed by atoms with Crippen molar-refractivity contribution in [3.63, 3.8) is 0 Å². The lowest BCUT2D eigenvalue weighted by Crippen LogP contribution is -2.29. The molecule has 0 aliphatic carbocycles. The predicted molar refractivity (Wildman–Crippen MR) is 123 cm³/mol. The van der Waals surface area contributed by atoms with Crippen LogP contribution in [0.2, 0.25) is 0 Å². The molecule has 166 valence electrons. The van der Waals surface area contributed by atoms with Gasteiger partial charge in [0.1, 0.15) is 0 Å². The van der Waals surface area contributed by atoms with Crippen molar-refractivity contribution in [2.24, 2.45) is 0 Å². The van der Waals surface area contributed by atoms with Crippen LogP contribution in [0.4, 0.5) is 14.7 Å². The van der Waals surface area contributed by atoms with Gasteiger partial charge in [-0.25, -0.2) is 13.8 Å². The summed E-state index contributed by atoms with van der Waals surface area (Å²) in [5.74, 6) is -2.30. The Morgan fingerprint density at radius 1 is 1.13 bits per heavy atom. The lowest BCUT2D eigenvalue weighted by molar-refractivity contribution is 0.0174. The molecule has 2 aromatic carbocycles. The van der Waals surface area contributed by atoms with E-state index in [1.807, 2.05) is 51.5 Å². The monoisotopic (exact) mass is 427 g/mol. The van der Waals surface area contributed by atoms with Crippen LogP contribution >= 0.6 is 0 Å². The molecule has 5 nitrogen and oxygen atoms in total. The normalized spacial score (nSPS) is 12.9. The van der Waals surface area contributed by atoms with Crippen LogP contribution in [-0.4, -0.2) is 54.0 Å². The van der Waals surface area contributed by atoms with Gasteiger partial charge in [-0.2, -0.15) is 0 Å². The number of alkyl halides is 2. The molecule has 1 atom stereocenters. The van der Waals surface area contributed by atoms with Crippen LogP contribution in [0.5, 0.6) is 0 Å². The number of para-hydroxylation sites is 2. The molecule has 0 spiro atoms. The van der Waals surface area contributed by atoms with Crippen molar-refractivity contribution in [1.82, 2.24) is 19.8 Å². The quantitative estimate of drug-likeness (QED) is 0.465. The zero-order chi connectivity index (χ0) is 22.6. The van der Waals surface area contributed by atoms with Gasteiger partial charge in [0.15, 0.2) is 0 Å². The highest BCUT2D eigenvalue weighted by Crippen LogP contribution is 2.32. The summed E-state index contributed by atoms with van der Waals surface area (Å²) in [7, 11) is 6.05. The minimum absolute atomic E-state index is 0.00650. The lowest BCUT2D eigenvalue weighted by atomic mass is 9.98. The van der Waals surface area contributed by atoms with Gasteiger partial charge < -0.3 is 20.1 Å². The van der Waals surface area contributed by atoms with E-state index in [9.17, 15) is 8.78 Å². The molecule has 0 saturated carbocycles. The van der Waals surface area contributed by atoms with E-state index in [1.165, 1.54) is 6.07 Å². The number of nitrogens with one attached hydrogen (secondary N) is 2. The molecule has 31 heavy (non-hydrogen) atoms. The van der Waals surface area contributed by atoms with E-state index in [0.717, 1.165) is 42.3 Å². The van der Waals surface area contributed by atoms with Crippen LogP contribution in [-0.2, 0) is 5.92 Å². The third-order valence-corrected chi connectivity index (χ3v) is 5.36. The van der Waals surface area contributed by atoms with E-state index >= 15 is 0 Å². The van der Waals surface area contributed by atoms with Gasteiger partial charge in [0.2, 0.25) is 5.95 Å². The minimum Gasteiger partial charge on any atom is -0.377 e. The van der Waals surface area contributed by atoms with Crippen molar-refractivity contribution in [3.8, 4) is 0 Å². The molecule has 3 aromatic rings. The summed E-state index contributed by atoms with van der Waals surface area (Å²) in [6.45, 7) is 6.89. The zero-order valence-corrected chi connectivity index (χ0v) is 18.6. The summed E-state index contributed by atoms with van der Waals surface area (Å²) in [6, 6.07) is 14.0. The molecule has 1 unspecified atom stereocenters. The molecule has 0 fully saturated rings. The zero-order valence-electron chi connectivity index (χ0n) is 18.6. The smallest absolute Gasteiger partial charge is 0.270 e. The molecule has 0 saturated heterocycles. The maximum Gasteiger partial charge on any atom is 0.270 e. The van der Waals surface area contributed by atoms with E-state index in [1.54, 1.807) is 12.1 Å². The van der Waals surface area contributed by atoms with Gasteiger partial charge in [-0.3, -0.25) is 0 Å². The van der Waals surface area contributed by atoms with Crippen molar-refractivity contribution >= 4 is 17.0 Å². The van der Waals surface area contributed by atoms with Crippen LogP contribution in [0.1, 0.15) is 30.5 Å². The van der Waals surface area contributed by atoms with E-state index in [2.05, 4.69) is 31.7 Å². The summed E-state index contributed by atoms with van der Waals surface area (Å²) in [4.78, 5) is 12.1. The number of anilines is 1. The second kappa shape index (κ2) is 9.47. The first-order chi connectivity index (χ1) is 14.6. The number of fused-ring (bicyclic) bond motifs is 1. The molecule has 0 aliphatic rings. The van der Waals surface area contributed by atoms with Crippen LogP contribution < -0.4 is 5.32 Å². The average Bonchev–Trinajstić information content (AvgIpc) is 3.13. The Morgan fingerprint density at radius 2 is 1.87 bits per heavy atom. The average molecular weight is 428 g/mol. The second-order valence-electron chi connectivity index (χ2n) is 8.31. The highest BCUT2D eigenvalue weighted by Gasteiger charge is 2.26. The number of nitrogens with zero attached hydrogens (tertiary/aromatic N) is 3. The molecule has 1 aromatic heterocycles. The molecule has 0 aliphatic heterocycles. The first-order valence-electron chi connectivity index (χ1n) is 10.4. The predicted octanol–water partition coefficient (Wildman–Crippen LogP) is 5.23. The maximum atomic E-state index is 14.0. The fourth-order valence-corrected chi connectivity index (χ4v) is 3.37. The number of rotatable bonds is 10. The number of aromatic amines is 1. The number of benzene rings is 2. The molecular weight excluding hydrogens is 396 g/mol. The lowest BCUT2D eigenvalue weighted by Gasteiger charge is -2.28. The van der Waals surface area contributed by atoms with E-state index in [0.29, 0.717) is 12.4 Å². The van der Waals surface area contributed by atoms with Crippen LogP contribution in [0.15, 0.2) is 60.8 Å². The molecule has 0 bridgehead atoms. The number of likely N-dealkylation sites (N-methyl/N-ethyl adjacent to an activating group) is 2. The van der Waals surface area contributed by atoms with Crippen molar-refractivity contribution in [1.29, 1.82) is 0 Å². The van der Waals surface area contributed by atoms with Gasteiger partial charge in [0.05, 0.1) is 17.1 Å². The Morgan fingerprint density at radius 3 is 2.55 bits per heavy atom. The van der Waals surface area contributed by atoms with Gasteiger partial charge in [-0.1, -0.05) is 36.9 Å². The summed E-state index contributed by atoms with van der Waals surface area (Å²) >= 11 is 0. The maximum absolute atomic E-state index is 14.0. The molecule has 1 heterocycles. The highest BCUT2D eigenvalue weighted by atomic mass is 19.3. The second-order valence-corrected chi connectivity index (χ2v) is 8.31. The molecule has 2 N–H and O–H groups in total. The van der Waals surface area contributed by atoms with Crippen LogP contribution in [0.3, 0.4) is 0 Å². The van der Waals surface area contributed by atoms with E-state index in [4.69, 9.17) is 0 Å². The number of hydrogen-bond acceptors (Lipinski definition) is 4. The number of H-pyrrole nitrogens is 1. The standard InChI is InChI=1S/C24H31F2N5/c1-17(31(5)14-13-30(3)4)15-22(18-9-8-10-19(16-18)24(2,25)26)29-23-27-20-11-6-7-12-21(20)28-23/h6-12,16,22H,1,13-15H2,2-5H3,(H2,27,28,29). The molecular formula is C24H31F2N5. The van der Waals surface area contributed by atoms with Gasteiger partial charge in [-0.05, 0) is 37.9 Å². The fraction of sp³-hybridized carbons (Fsp3) is 0.375. The Bertz CT molecular complexity index is 989. The van der Waals surface area contributed by atoms with Crippen LogP contribution in [0.25, 0.3) is 11.0 Å². The van der Waals surface area contributed by atoms with Gasteiger partial charge >= 0.3 is 0 Å². The third kappa shape index (κ3) is 6.04. The minimum atomic E-state index is -2.90. The van der Waals surface area contributed by atoms with E-state index < -0.39 is 5.92 Å². The largest absolute Gasteiger partial charge is 0.377 e. The molecule has 3 rings (SSSR count). The topological polar surface area (TPSA) is 47.2 Å². The number of imidazole rings is 1. The summed E-state index contributed by atoms with van der Waals surface area (Å²) < 4.78 is 27.9. The van der Waals surface area contributed by atoms with Gasteiger partial charge in [0, 0.05) is 44.7 Å². The van der Waals surface area contributed by atoms with Crippen molar-refractivity contribution in [3.05, 3.63) is 71.9 Å². The number of hydrogen-bond donors (Lipinski definition) is 2. The SMILES string of the molecule is C=C(CC(Nc1nc2ccccc2[nH]1)c1cccc(C(C)(F)F)c1)N(C)CCN(C)C. The highest BCUT2D eigenvalue weighted by molar-refractivity contribution is 5.77. The summed E-state index contributed by atoms with van der Waals surface area (Å²) in [5, 5.41) is 3.40. The Balaban J connectivity index is 1.87. The van der Waals surface area contributed by atoms with E-state index in [-0.39, 0.29) is 11.6 Å². The summed E-state index contributed by atoms with van der Waals surface area (Å²) in [5.41, 5.74) is 3.44. The van der Waals surface area contributed by atoms with Crippen molar-refractivity contribution < 1.29 is 8.78 Å². The molecule has 0 radical (unpaired) electrons. The number of halogens is 2. The first kappa shape index (κ1) is 22.7. The van der Waals surface area contributed by atoms with Gasteiger partial charge in [-0.15, -0.1) is 0 Å². The van der Waals surface area contributed by atoms with Crippen molar-refractivity contribution in [2.75, 3.05) is 39.5 Å². The Labute approximate surface area is 182 Å². The number of aromatic nitrogens is 2. The van der Waals surface area contributed by atoms with Crippen LogP contribution in [0, 0.1) is 0 Å². The first-order valence-corrected chi connectivity index (χ1v) is 10.4. The van der Waals surface area contributed by atoms with Crippen molar-refractivity contribution in [2.45, 2.75) is 25.3 Å². The Hall–Kier alpha value is -2.93. The molecule has 7 heteroatoms. The fourth-order valence-electron chi connectivity index (χ4n) is 3.37. The third-order valence-electron chi connectivity index (χ3n) is 5.36. The summed E-state index contributed by atoms with van der Waals surface area (Å²) in [6.07, 6.45) is 0.555.